The molecule has 2 rings (SSSR count). The van der Waals surface area contributed by atoms with Gasteiger partial charge in [-0.05, 0) is 37.5 Å². The van der Waals surface area contributed by atoms with Crippen LogP contribution in [0.1, 0.15) is 31.7 Å². The highest BCUT2D eigenvalue weighted by atomic mass is 16.5. The van der Waals surface area contributed by atoms with Gasteiger partial charge in [-0.2, -0.15) is 0 Å². The molecule has 1 fully saturated rings. The van der Waals surface area contributed by atoms with Crippen molar-refractivity contribution in [1.29, 1.82) is 0 Å². The van der Waals surface area contributed by atoms with Crippen LogP contribution < -0.4 is 9.47 Å². The number of phenolic OH excluding ortho intramolecular Hbond substituents is 1. The highest BCUT2D eigenvalue weighted by Gasteiger charge is 2.46. The first kappa shape index (κ1) is 13.5. The number of aliphatic carboxylic acids is 1. The predicted molar refractivity (Wildman–Crippen MR) is 69.0 cm³/mol. The van der Waals surface area contributed by atoms with Gasteiger partial charge in [0, 0.05) is 5.41 Å². The van der Waals surface area contributed by atoms with Crippen LogP contribution in [0.4, 0.5) is 0 Å². The summed E-state index contributed by atoms with van der Waals surface area (Å²) in [5, 5.41) is 18.9. The van der Waals surface area contributed by atoms with E-state index in [-0.39, 0.29) is 23.3 Å². The van der Waals surface area contributed by atoms with E-state index in [1.807, 2.05) is 6.92 Å². The summed E-state index contributed by atoms with van der Waals surface area (Å²) in [6.07, 6.45) is 1.71. The number of rotatable bonds is 6. The largest absolute Gasteiger partial charge is 0.504 e. The van der Waals surface area contributed by atoms with Crippen LogP contribution in [0.2, 0.25) is 0 Å². The quantitative estimate of drug-likeness (QED) is 0.826. The van der Waals surface area contributed by atoms with E-state index in [2.05, 4.69) is 0 Å². The Morgan fingerprint density at radius 3 is 2.58 bits per heavy atom. The third-order valence-electron chi connectivity index (χ3n) is 3.49. The molecule has 0 heterocycles. The molecule has 0 spiro atoms. The number of benzene rings is 1. The molecule has 1 saturated carbocycles. The first-order valence-electron chi connectivity index (χ1n) is 6.28. The normalized spacial score (nSPS) is 15.9. The average molecular weight is 266 g/mol. The van der Waals surface area contributed by atoms with Crippen LogP contribution in [0.15, 0.2) is 12.1 Å². The van der Waals surface area contributed by atoms with Gasteiger partial charge in [-0.3, -0.25) is 4.79 Å². The zero-order valence-electron chi connectivity index (χ0n) is 11.1. The first-order valence-corrected chi connectivity index (χ1v) is 6.28. The molecule has 0 bridgehead atoms. The molecule has 0 aromatic heterocycles. The van der Waals surface area contributed by atoms with Crippen molar-refractivity contribution in [2.75, 3.05) is 13.7 Å². The second-order valence-corrected chi connectivity index (χ2v) is 4.81. The maximum atomic E-state index is 10.9. The molecule has 1 aliphatic carbocycles. The molecule has 0 amide bonds. The van der Waals surface area contributed by atoms with E-state index >= 15 is 0 Å². The topological polar surface area (TPSA) is 76.0 Å². The predicted octanol–water partition coefficient (Wildman–Crippen LogP) is 2.31. The number of methoxy groups -OCH3 is 1. The Morgan fingerprint density at radius 1 is 1.42 bits per heavy atom. The molecule has 0 aliphatic heterocycles. The Kier molecular flexibility index (Phi) is 3.55. The number of ether oxygens (including phenoxy) is 2. The standard InChI is InChI=1S/C14H18O5/c1-3-19-11-7-9(6-10(15)13(11)18-2)14(4-5-14)8-12(16)17/h6-7,15H,3-5,8H2,1-2H3,(H,16,17). The van der Waals surface area contributed by atoms with E-state index < -0.39 is 5.97 Å². The molecule has 1 aliphatic rings. The molecule has 19 heavy (non-hydrogen) atoms. The maximum absolute atomic E-state index is 10.9. The van der Waals surface area contributed by atoms with Crippen LogP contribution in [0.5, 0.6) is 17.2 Å². The molecule has 1 aromatic rings. The Labute approximate surface area is 111 Å². The Morgan fingerprint density at radius 2 is 2.11 bits per heavy atom. The number of phenols is 1. The van der Waals surface area contributed by atoms with Crippen LogP contribution in [0, 0.1) is 0 Å². The van der Waals surface area contributed by atoms with Gasteiger partial charge < -0.3 is 19.7 Å². The molecule has 0 saturated heterocycles. The molecule has 0 radical (unpaired) electrons. The number of carboxylic acids is 1. The fourth-order valence-electron chi connectivity index (χ4n) is 2.37. The van der Waals surface area contributed by atoms with Gasteiger partial charge in [0.05, 0.1) is 20.1 Å². The van der Waals surface area contributed by atoms with E-state index in [9.17, 15) is 9.90 Å². The van der Waals surface area contributed by atoms with Crippen LogP contribution in [0.3, 0.4) is 0 Å². The zero-order valence-corrected chi connectivity index (χ0v) is 11.1. The van der Waals surface area contributed by atoms with Gasteiger partial charge in [-0.1, -0.05) is 0 Å². The minimum Gasteiger partial charge on any atom is -0.504 e. The van der Waals surface area contributed by atoms with Crippen LogP contribution in [-0.4, -0.2) is 29.9 Å². The maximum Gasteiger partial charge on any atom is 0.304 e. The van der Waals surface area contributed by atoms with Crippen molar-refractivity contribution >= 4 is 5.97 Å². The van der Waals surface area contributed by atoms with Crippen molar-refractivity contribution in [1.82, 2.24) is 0 Å². The lowest BCUT2D eigenvalue weighted by Crippen LogP contribution is -2.13. The summed E-state index contributed by atoms with van der Waals surface area (Å²) >= 11 is 0. The molecular weight excluding hydrogens is 248 g/mol. The molecule has 1 aromatic carbocycles. The number of hydrogen-bond acceptors (Lipinski definition) is 4. The summed E-state index contributed by atoms with van der Waals surface area (Å²) < 4.78 is 10.6. The molecule has 104 valence electrons. The van der Waals surface area contributed by atoms with Crippen molar-refractivity contribution in [3.05, 3.63) is 17.7 Å². The second kappa shape index (κ2) is 4.99. The molecular formula is C14H18O5. The third kappa shape index (κ3) is 2.59. The summed E-state index contributed by atoms with van der Waals surface area (Å²) in [4.78, 5) is 10.9. The Bertz CT molecular complexity index is 491. The van der Waals surface area contributed by atoms with E-state index in [1.54, 1.807) is 12.1 Å². The Hall–Kier alpha value is -1.91. The van der Waals surface area contributed by atoms with Crippen molar-refractivity contribution in [3.8, 4) is 17.2 Å². The monoisotopic (exact) mass is 266 g/mol. The summed E-state index contributed by atoms with van der Waals surface area (Å²) in [6.45, 7) is 2.29. The molecule has 0 atom stereocenters. The van der Waals surface area contributed by atoms with Crippen LogP contribution >= 0.6 is 0 Å². The summed E-state index contributed by atoms with van der Waals surface area (Å²) in [6, 6.07) is 3.36. The van der Waals surface area contributed by atoms with Gasteiger partial charge in [0.1, 0.15) is 0 Å². The highest BCUT2D eigenvalue weighted by molar-refractivity contribution is 5.70. The third-order valence-corrected chi connectivity index (χ3v) is 3.49. The van der Waals surface area contributed by atoms with Crippen molar-refractivity contribution < 1.29 is 24.5 Å². The lowest BCUT2D eigenvalue weighted by molar-refractivity contribution is -0.137. The van der Waals surface area contributed by atoms with Gasteiger partial charge in [0.2, 0.25) is 5.75 Å². The van der Waals surface area contributed by atoms with Crippen LogP contribution in [0.25, 0.3) is 0 Å². The number of carbonyl (C=O) groups is 1. The van der Waals surface area contributed by atoms with Gasteiger partial charge in [-0.25, -0.2) is 0 Å². The SMILES string of the molecule is CCOc1cc(C2(CC(=O)O)CC2)cc(O)c1OC. The minimum absolute atomic E-state index is 0.0138. The van der Waals surface area contributed by atoms with Crippen molar-refractivity contribution in [2.45, 2.75) is 31.6 Å². The summed E-state index contributed by atoms with van der Waals surface area (Å²) in [5.74, 6) is -0.0979. The number of aromatic hydroxyl groups is 1. The van der Waals surface area contributed by atoms with Gasteiger partial charge in [0.25, 0.3) is 0 Å². The van der Waals surface area contributed by atoms with Gasteiger partial charge in [-0.15, -0.1) is 0 Å². The molecule has 5 nitrogen and oxygen atoms in total. The molecule has 2 N–H and O–H groups in total. The lowest BCUT2D eigenvalue weighted by atomic mass is 9.92. The van der Waals surface area contributed by atoms with E-state index in [0.717, 1.165) is 18.4 Å². The van der Waals surface area contributed by atoms with Crippen molar-refractivity contribution in [3.63, 3.8) is 0 Å². The molecule has 5 heteroatoms. The summed E-state index contributed by atoms with van der Waals surface area (Å²) in [7, 11) is 1.46. The van der Waals surface area contributed by atoms with E-state index in [4.69, 9.17) is 14.6 Å². The number of hydrogen-bond donors (Lipinski definition) is 2. The molecule has 0 unspecified atom stereocenters. The highest BCUT2D eigenvalue weighted by Crippen LogP contribution is 2.54. The minimum atomic E-state index is -0.828. The second-order valence-electron chi connectivity index (χ2n) is 4.81. The first-order chi connectivity index (χ1) is 9.02. The Balaban J connectivity index is 2.39. The fourth-order valence-corrected chi connectivity index (χ4v) is 2.37. The average Bonchev–Trinajstić information content (AvgIpc) is 3.09. The van der Waals surface area contributed by atoms with Gasteiger partial charge in [0.15, 0.2) is 11.5 Å². The van der Waals surface area contributed by atoms with Gasteiger partial charge >= 0.3 is 5.97 Å². The lowest BCUT2D eigenvalue weighted by Gasteiger charge is -2.17. The van der Waals surface area contributed by atoms with Crippen molar-refractivity contribution in [2.24, 2.45) is 0 Å². The summed E-state index contributed by atoms with van der Waals surface area (Å²) in [5.41, 5.74) is 0.443. The smallest absolute Gasteiger partial charge is 0.304 e. The van der Waals surface area contributed by atoms with E-state index in [1.165, 1.54) is 7.11 Å². The number of carboxylic acid groups (broad SMARTS) is 1. The zero-order chi connectivity index (χ0) is 14.0. The van der Waals surface area contributed by atoms with Crippen LogP contribution in [-0.2, 0) is 10.2 Å². The van der Waals surface area contributed by atoms with E-state index in [0.29, 0.717) is 12.4 Å². The fraction of sp³-hybridized carbons (Fsp3) is 0.500.